The maximum absolute atomic E-state index is 8.89. The van der Waals surface area contributed by atoms with Crippen LogP contribution < -0.4 is 0 Å². The number of hydrogen-bond acceptors (Lipinski definition) is 3. The predicted octanol–water partition coefficient (Wildman–Crippen LogP) is 1.63. The lowest BCUT2D eigenvalue weighted by Gasteiger charge is -1.97. The summed E-state index contributed by atoms with van der Waals surface area (Å²) in [5, 5.41) is 8.89. The van der Waals surface area contributed by atoms with E-state index in [0.29, 0.717) is 5.89 Å². The normalized spacial score (nSPS) is 10.2. The van der Waals surface area contributed by atoms with E-state index in [1.54, 1.807) is 18.3 Å². The van der Waals surface area contributed by atoms with E-state index < -0.39 is 0 Å². The van der Waals surface area contributed by atoms with Crippen molar-refractivity contribution in [3.8, 4) is 11.5 Å². The highest BCUT2D eigenvalue weighted by molar-refractivity contribution is 5.53. The van der Waals surface area contributed by atoms with Crippen LogP contribution in [0, 0.1) is 6.07 Å². The van der Waals surface area contributed by atoms with Gasteiger partial charge in [-0.25, -0.2) is 4.98 Å². The third-order valence-electron chi connectivity index (χ3n) is 1.71. The summed E-state index contributed by atoms with van der Waals surface area (Å²) in [4.78, 5) is 3.99. The van der Waals surface area contributed by atoms with Gasteiger partial charge in [0.2, 0.25) is 5.89 Å². The largest absolute Gasteiger partial charge is 0.445 e. The number of nitrogens with zero attached hydrogens (tertiary/aromatic N) is 1. The summed E-state index contributed by atoms with van der Waals surface area (Å²) in [6.07, 6.45) is 3.10. The smallest absolute Gasteiger partial charge is 0.225 e. The predicted molar refractivity (Wildman–Crippen MR) is 46.7 cm³/mol. The van der Waals surface area contributed by atoms with Crippen molar-refractivity contribution in [1.82, 2.24) is 4.98 Å². The van der Waals surface area contributed by atoms with E-state index in [0.717, 1.165) is 11.1 Å². The van der Waals surface area contributed by atoms with Crippen LogP contribution in [0.25, 0.3) is 11.5 Å². The molecule has 0 aliphatic heterocycles. The molecule has 0 saturated heterocycles. The Morgan fingerprint density at radius 3 is 3.08 bits per heavy atom. The summed E-state index contributed by atoms with van der Waals surface area (Å²) in [6, 6.07) is 8.23. The van der Waals surface area contributed by atoms with Gasteiger partial charge in [-0.15, -0.1) is 0 Å². The summed E-state index contributed by atoms with van der Waals surface area (Å²) >= 11 is 0. The van der Waals surface area contributed by atoms with Crippen molar-refractivity contribution in [2.24, 2.45) is 0 Å². The minimum atomic E-state index is 0.00501. The van der Waals surface area contributed by atoms with Crippen LogP contribution >= 0.6 is 0 Å². The molecule has 0 atom stereocenters. The van der Waals surface area contributed by atoms with E-state index in [1.165, 1.54) is 6.26 Å². The van der Waals surface area contributed by atoms with Crippen LogP contribution in [0.15, 0.2) is 35.1 Å². The van der Waals surface area contributed by atoms with Crippen LogP contribution in [0.2, 0.25) is 0 Å². The molecule has 13 heavy (non-hydrogen) atoms. The molecule has 0 aliphatic carbocycles. The summed E-state index contributed by atoms with van der Waals surface area (Å²) in [6.45, 7) is 0.00501. The van der Waals surface area contributed by atoms with Gasteiger partial charge < -0.3 is 9.52 Å². The second kappa shape index (κ2) is 3.41. The van der Waals surface area contributed by atoms with Crippen LogP contribution in [-0.2, 0) is 6.61 Å². The highest BCUT2D eigenvalue weighted by Gasteiger charge is 2.01. The monoisotopic (exact) mass is 174 g/mol. The molecule has 1 aromatic carbocycles. The maximum Gasteiger partial charge on any atom is 0.225 e. The zero-order valence-electron chi connectivity index (χ0n) is 6.90. The topological polar surface area (TPSA) is 46.3 Å². The molecule has 2 rings (SSSR count). The van der Waals surface area contributed by atoms with Crippen molar-refractivity contribution in [1.29, 1.82) is 0 Å². The van der Waals surface area contributed by atoms with Crippen molar-refractivity contribution in [3.63, 3.8) is 0 Å². The van der Waals surface area contributed by atoms with E-state index >= 15 is 0 Å². The SMILES string of the molecule is OCc1c[c]cc(-c2ncco2)c1. The van der Waals surface area contributed by atoms with Gasteiger partial charge >= 0.3 is 0 Å². The molecule has 1 radical (unpaired) electrons. The molecule has 0 bridgehead atoms. The van der Waals surface area contributed by atoms with Crippen LogP contribution in [-0.4, -0.2) is 10.1 Å². The second-order valence-electron chi connectivity index (χ2n) is 2.63. The fraction of sp³-hybridized carbons (Fsp3) is 0.100. The molecule has 0 spiro atoms. The van der Waals surface area contributed by atoms with E-state index in [4.69, 9.17) is 9.52 Å². The molecule has 0 amide bonds. The van der Waals surface area contributed by atoms with Crippen molar-refractivity contribution in [3.05, 3.63) is 42.3 Å². The zero-order chi connectivity index (χ0) is 9.10. The lowest BCUT2D eigenvalue weighted by atomic mass is 10.1. The minimum absolute atomic E-state index is 0.00501. The Labute approximate surface area is 75.7 Å². The Bertz CT molecular complexity index is 382. The molecule has 1 aromatic heterocycles. The summed E-state index contributed by atoms with van der Waals surface area (Å²) in [7, 11) is 0. The summed E-state index contributed by atoms with van der Waals surface area (Å²) in [5.74, 6) is 0.548. The summed E-state index contributed by atoms with van der Waals surface area (Å²) < 4.78 is 5.11. The van der Waals surface area contributed by atoms with Gasteiger partial charge in [-0.1, -0.05) is 0 Å². The Kier molecular flexibility index (Phi) is 2.10. The first-order chi connectivity index (χ1) is 6.40. The Balaban J connectivity index is 2.41. The molecule has 0 unspecified atom stereocenters. The highest BCUT2D eigenvalue weighted by Crippen LogP contribution is 2.17. The van der Waals surface area contributed by atoms with Crippen LogP contribution in [0.3, 0.4) is 0 Å². The van der Waals surface area contributed by atoms with Gasteiger partial charge in [0.05, 0.1) is 12.8 Å². The van der Waals surface area contributed by atoms with Crippen molar-refractivity contribution in [2.45, 2.75) is 6.61 Å². The Hall–Kier alpha value is -1.61. The fourth-order valence-electron chi connectivity index (χ4n) is 1.10. The highest BCUT2D eigenvalue weighted by atomic mass is 16.3. The standard InChI is InChI=1S/C10H8NO2/c12-7-8-2-1-3-9(6-8)10-11-4-5-13-10/h2-6,12H,7H2. The molecular formula is C10H8NO2. The first-order valence-electron chi connectivity index (χ1n) is 3.91. The van der Waals surface area contributed by atoms with Crippen molar-refractivity contribution < 1.29 is 9.52 Å². The van der Waals surface area contributed by atoms with Gasteiger partial charge in [0.1, 0.15) is 6.26 Å². The van der Waals surface area contributed by atoms with E-state index in [-0.39, 0.29) is 6.61 Å². The lowest BCUT2D eigenvalue weighted by molar-refractivity contribution is 0.282. The fourth-order valence-corrected chi connectivity index (χ4v) is 1.10. The zero-order valence-corrected chi connectivity index (χ0v) is 6.90. The van der Waals surface area contributed by atoms with Crippen molar-refractivity contribution >= 4 is 0 Å². The molecule has 1 heterocycles. The lowest BCUT2D eigenvalue weighted by Crippen LogP contribution is -1.84. The molecule has 0 fully saturated rings. The first kappa shape index (κ1) is 8.01. The quantitative estimate of drug-likeness (QED) is 0.752. The molecule has 0 saturated carbocycles. The average Bonchev–Trinajstić information content (AvgIpc) is 2.71. The van der Waals surface area contributed by atoms with Gasteiger partial charge in [-0.05, 0) is 29.8 Å². The molecular weight excluding hydrogens is 166 g/mol. The molecule has 0 aliphatic rings. The second-order valence-corrected chi connectivity index (χ2v) is 2.63. The van der Waals surface area contributed by atoms with Crippen LogP contribution in [0.5, 0.6) is 0 Å². The van der Waals surface area contributed by atoms with Gasteiger partial charge in [0, 0.05) is 5.56 Å². The minimum Gasteiger partial charge on any atom is -0.445 e. The number of hydrogen-bond donors (Lipinski definition) is 1. The Morgan fingerprint density at radius 1 is 1.46 bits per heavy atom. The number of benzene rings is 1. The third-order valence-corrected chi connectivity index (χ3v) is 1.71. The number of rotatable bonds is 2. The molecule has 65 valence electrons. The number of oxazole rings is 1. The van der Waals surface area contributed by atoms with Gasteiger partial charge in [-0.3, -0.25) is 0 Å². The number of aliphatic hydroxyl groups excluding tert-OH is 1. The summed E-state index contributed by atoms with van der Waals surface area (Å²) in [5.41, 5.74) is 1.63. The van der Waals surface area contributed by atoms with Gasteiger partial charge in [-0.2, -0.15) is 0 Å². The van der Waals surface area contributed by atoms with Crippen LogP contribution in [0.4, 0.5) is 0 Å². The van der Waals surface area contributed by atoms with E-state index in [2.05, 4.69) is 11.1 Å². The molecule has 1 N–H and O–H groups in total. The number of aromatic nitrogens is 1. The first-order valence-corrected chi connectivity index (χ1v) is 3.91. The molecule has 2 aromatic rings. The van der Waals surface area contributed by atoms with Crippen LogP contribution in [0.1, 0.15) is 5.56 Å². The van der Waals surface area contributed by atoms with E-state index in [1.807, 2.05) is 6.07 Å². The average molecular weight is 174 g/mol. The maximum atomic E-state index is 8.89. The van der Waals surface area contributed by atoms with Gasteiger partial charge in [0.25, 0.3) is 0 Å². The Morgan fingerprint density at radius 2 is 2.38 bits per heavy atom. The third kappa shape index (κ3) is 1.60. The van der Waals surface area contributed by atoms with Crippen molar-refractivity contribution in [2.75, 3.05) is 0 Å². The van der Waals surface area contributed by atoms with E-state index in [9.17, 15) is 0 Å². The number of aliphatic hydroxyl groups is 1. The molecule has 3 nitrogen and oxygen atoms in total. The molecule has 3 heteroatoms. The van der Waals surface area contributed by atoms with Gasteiger partial charge in [0.15, 0.2) is 0 Å².